The molecule has 7 aromatic rings. The van der Waals surface area contributed by atoms with Gasteiger partial charge < -0.3 is 9.30 Å². The Hall–Kier alpha value is -4.50. The van der Waals surface area contributed by atoms with E-state index in [0.29, 0.717) is 11.5 Å². The van der Waals surface area contributed by atoms with Gasteiger partial charge in [0.15, 0.2) is 0 Å². The first-order chi connectivity index (χ1) is 27.0. The predicted molar refractivity (Wildman–Crippen MR) is 243 cm³/mol. The van der Waals surface area contributed by atoms with Crippen molar-refractivity contribution in [2.24, 2.45) is 5.41 Å². The Bertz CT molecular complexity index is 2610. The minimum absolute atomic E-state index is 0. The van der Waals surface area contributed by atoms with Crippen LogP contribution in [0.3, 0.4) is 0 Å². The molecular weight excluding hydrogens is 815 g/mol. The number of aromatic nitrogens is 4. The minimum Gasteiger partial charge on any atom is -0.509 e. The van der Waals surface area contributed by atoms with Gasteiger partial charge in [-0.3, -0.25) is 4.68 Å². The van der Waals surface area contributed by atoms with Crippen LogP contribution in [0.4, 0.5) is 0 Å². The second-order valence-electron chi connectivity index (χ2n) is 20.8. The summed E-state index contributed by atoms with van der Waals surface area (Å²) in [6.07, 6.45) is 2.74. The van der Waals surface area contributed by atoms with Crippen molar-refractivity contribution in [2.45, 2.75) is 132 Å². The van der Waals surface area contributed by atoms with Crippen molar-refractivity contribution in [1.29, 1.82) is 0 Å². The zero-order chi connectivity index (χ0) is 42.1. The van der Waals surface area contributed by atoms with E-state index in [1.165, 1.54) is 39.1 Å². The molecule has 0 aliphatic carbocycles. The van der Waals surface area contributed by atoms with Crippen molar-refractivity contribution in [2.75, 3.05) is 0 Å². The monoisotopic (exact) mass is 876 g/mol. The van der Waals surface area contributed by atoms with Crippen molar-refractivity contribution >= 4 is 21.8 Å². The average molecular weight is 878 g/mol. The van der Waals surface area contributed by atoms with Gasteiger partial charge in [-0.15, -0.1) is 35.7 Å². The van der Waals surface area contributed by atoms with Gasteiger partial charge in [-0.05, 0) is 98.0 Å². The number of hydrogen-bond acceptors (Lipinski definition) is 3. The molecule has 59 heavy (non-hydrogen) atoms. The van der Waals surface area contributed by atoms with Gasteiger partial charge in [-0.1, -0.05) is 133 Å². The maximum absolute atomic E-state index is 6.66. The van der Waals surface area contributed by atoms with Crippen LogP contribution < -0.4 is 4.74 Å². The van der Waals surface area contributed by atoms with E-state index in [1.54, 1.807) is 0 Å². The van der Waals surface area contributed by atoms with Crippen LogP contribution in [0.25, 0.3) is 44.4 Å². The molecule has 5 nitrogen and oxygen atoms in total. The molecule has 0 unspecified atom stereocenters. The molecule has 0 amide bonds. The first-order valence-electron chi connectivity index (χ1n) is 20.9. The number of para-hydroxylation sites is 1. The molecule has 7 rings (SSSR count). The maximum Gasteiger partial charge on any atom is 2.00 e. The molecule has 6 heteroatoms. The largest absolute Gasteiger partial charge is 2.00 e. The van der Waals surface area contributed by atoms with E-state index in [1.807, 2.05) is 24.4 Å². The van der Waals surface area contributed by atoms with Crippen LogP contribution in [0.5, 0.6) is 11.5 Å². The van der Waals surface area contributed by atoms with Crippen LogP contribution in [-0.4, -0.2) is 19.3 Å². The fourth-order valence-corrected chi connectivity index (χ4v) is 8.39. The Morgan fingerprint density at radius 2 is 1.34 bits per heavy atom. The predicted octanol–water partition coefficient (Wildman–Crippen LogP) is 14.3. The van der Waals surface area contributed by atoms with Gasteiger partial charge in [0, 0.05) is 28.8 Å². The topological polar surface area (TPSA) is 44.9 Å². The number of nitrogens with zero attached hydrogens (tertiary/aromatic N) is 4. The van der Waals surface area contributed by atoms with Gasteiger partial charge in [0.1, 0.15) is 5.82 Å². The van der Waals surface area contributed by atoms with Crippen molar-refractivity contribution < 1.29 is 25.2 Å². The van der Waals surface area contributed by atoms with E-state index in [0.717, 1.165) is 45.4 Å². The van der Waals surface area contributed by atoms with Gasteiger partial charge in [-0.2, -0.15) is 17.2 Å². The summed E-state index contributed by atoms with van der Waals surface area (Å²) in [6.45, 7) is 34.4. The second-order valence-corrected chi connectivity index (χ2v) is 20.8. The van der Waals surface area contributed by atoms with Gasteiger partial charge in [0.25, 0.3) is 0 Å². The third-order valence-electron chi connectivity index (χ3n) is 11.2. The molecule has 0 saturated carbocycles. The second kappa shape index (κ2) is 15.8. The van der Waals surface area contributed by atoms with Crippen LogP contribution >= 0.6 is 0 Å². The van der Waals surface area contributed by atoms with E-state index in [4.69, 9.17) is 14.8 Å². The van der Waals surface area contributed by atoms with Gasteiger partial charge >= 0.3 is 20.4 Å². The van der Waals surface area contributed by atoms with E-state index in [2.05, 4.69) is 186 Å². The first-order valence-corrected chi connectivity index (χ1v) is 20.9. The van der Waals surface area contributed by atoms with Crippen molar-refractivity contribution in [3.05, 3.63) is 131 Å². The number of benzene rings is 4. The smallest absolute Gasteiger partial charge is 0.509 e. The van der Waals surface area contributed by atoms with Gasteiger partial charge in [0.2, 0.25) is 0 Å². The Morgan fingerprint density at radius 1 is 0.695 bits per heavy atom. The van der Waals surface area contributed by atoms with Crippen LogP contribution in [0.15, 0.2) is 85.1 Å². The van der Waals surface area contributed by atoms with E-state index in [9.17, 15) is 0 Å². The van der Waals surface area contributed by atoms with Gasteiger partial charge in [-0.25, -0.2) is 4.98 Å². The summed E-state index contributed by atoms with van der Waals surface area (Å²) < 4.78 is 11.0. The molecule has 0 fully saturated rings. The fourth-order valence-electron chi connectivity index (χ4n) is 8.39. The Morgan fingerprint density at radius 3 is 1.95 bits per heavy atom. The van der Waals surface area contributed by atoms with Crippen molar-refractivity contribution in [3.63, 3.8) is 0 Å². The molecule has 3 heterocycles. The Labute approximate surface area is 367 Å². The maximum atomic E-state index is 6.66. The molecule has 0 spiro atoms. The Balaban J connectivity index is 0.00000585. The number of fused-ring (bicyclic) bond motifs is 3. The summed E-state index contributed by atoms with van der Waals surface area (Å²) in [5.74, 6) is 2.28. The molecule has 0 bridgehead atoms. The molecule has 0 aliphatic rings. The Kier molecular flexibility index (Phi) is 11.8. The summed E-state index contributed by atoms with van der Waals surface area (Å²) in [7, 11) is 0. The summed E-state index contributed by atoms with van der Waals surface area (Å²) in [5.41, 5.74) is 12.9. The quantitative estimate of drug-likeness (QED) is 0.118. The van der Waals surface area contributed by atoms with Crippen LogP contribution in [0.2, 0.25) is 0 Å². The molecule has 0 atom stereocenters. The normalized spacial score (nSPS) is 12.7. The zero-order valence-corrected chi connectivity index (χ0v) is 39.4. The molecule has 0 N–H and O–H groups in total. The number of rotatable bonds is 7. The molecule has 0 aliphatic heterocycles. The minimum atomic E-state index is -0.0157. The standard InChI is InChI=1S/C53H62N4O.Pd/c1-33(2)49-48(35-27-42(52(10,11)12)34(3)43(28-35)53(13,14)15)46(32-50(4,5)6)57(55-49)37-19-18-20-38(30-37)58-39-23-24-41-40-21-16-17-22-44(40)56(45(41)31-39)47-29-36(25-26-54-47)51(7,8)9;/h16-29,33H,32H2,1-15H3;/q-2;+2. The third-order valence-corrected chi connectivity index (χ3v) is 11.2. The molecule has 0 saturated heterocycles. The molecule has 4 aromatic carbocycles. The average Bonchev–Trinajstić information content (AvgIpc) is 3.65. The summed E-state index contributed by atoms with van der Waals surface area (Å²) in [4.78, 5) is 4.85. The first kappa shape index (κ1) is 44.1. The zero-order valence-electron chi connectivity index (χ0n) is 37.9. The van der Waals surface area contributed by atoms with Crippen molar-refractivity contribution in [3.8, 4) is 34.1 Å². The van der Waals surface area contributed by atoms with E-state index < -0.39 is 0 Å². The number of hydrogen-bond donors (Lipinski definition) is 0. The van der Waals surface area contributed by atoms with Crippen LogP contribution in [0.1, 0.15) is 136 Å². The summed E-state index contributed by atoms with van der Waals surface area (Å²) in [6, 6.07) is 35.1. The SMILES string of the molecule is Cc1c(C(C)(C)C)cc(-c2c(C(C)C)nn(-c3[c-]c(Oc4[c-]c5c(cc4)c4ccccc4n5-c4cc(C(C)(C)C)ccn4)ccc3)c2CC(C)(C)C)cc1C(C)(C)C.[Pd+2]. The van der Waals surface area contributed by atoms with E-state index >= 15 is 0 Å². The summed E-state index contributed by atoms with van der Waals surface area (Å²) >= 11 is 0. The summed E-state index contributed by atoms with van der Waals surface area (Å²) in [5, 5.41) is 7.69. The molecule has 0 radical (unpaired) electrons. The van der Waals surface area contributed by atoms with E-state index in [-0.39, 0.29) is 48.0 Å². The molecular formula is C53H62N4OPd. The van der Waals surface area contributed by atoms with Gasteiger partial charge in [0.05, 0.1) is 11.4 Å². The van der Waals surface area contributed by atoms with Crippen LogP contribution in [-0.2, 0) is 43.1 Å². The third kappa shape index (κ3) is 8.87. The molecule has 310 valence electrons. The number of pyridine rings is 1. The molecule has 3 aromatic heterocycles. The number of ether oxygens (including phenoxy) is 1. The van der Waals surface area contributed by atoms with Crippen LogP contribution in [0, 0.1) is 24.5 Å². The fraction of sp³-hybridized carbons (Fsp3) is 0.396. The van der Waals surface area contributed by atoms with Crippen molar-refractivity contribution in [1.82, 2.24) is 19.3 Å².